The molecule has 2 aromatic rings. The van der Waals surface area contributed by atoms with Crippen LogP contribution in [0.15, 0.2) is 48.5 Å². The van der Waals surface area contributed by atoms with Crippen LogP contribution >= 0.6 is 0 Å². The largest absolute Gasteiger partial charge is 0.325 e. The number of nitrogens with zero attached hydrogens (tertiary/aromatic N) is 1. The van der Waals surface area contributed by atoms with Crippen LogP contribution in [-0.4, -0.2) is 29.3 Å². The van der Waals surface area contributed by atoms with Crippen LogP contribution in [0.25, 0.3) is 0 Å². The summed E-state index contributed by atoms with van der Waals surface area (Å²) in [6.45, 7) is 5.14. The summed E-state index contributed by atoms with van der Waals surface area (Å²) < 4.78 is 0. The highest BCUT2D eigenvalue weighted by atomic mass is 16.2. The lowest BCUT2D eigenvalue weighted by atomic mass is 9.91. The molecule has 134 valence electrons. The summed E-state index contributed by atoms with van der Waals surface area (Å²) in [4.78, 5) is 38.4. The molecular formula is C20H21N3O3. The average Bonchev–Trinajstić information content (AvgIpc) is 2.82. The molecule has 0 aliphatic carbocycles. The van der Waals surface area contributed by atoms with Crippen molar-refractivity contribution in [2.24, 2.45) is 0 Å². The molecule has 6 nitrogen and oxygen atoms in total. The van der Waals surface area contributed by atoms with Crippen molar-refractivity contribution in [1.29, 1.82) is 0 Å². The van der Waals surface area contributed by atoms with Gasteiger partial charge in [-0.1, -0.05) is 48.0 Å². The fraction of sp³-hybridized carbons (Fsp3) is 0.250. The lowest BCUT2D eigenvalue weighted by Crippen LogP contribution is -2.42. The van der Waals surface area contributed by atoms with E-state index in [9.17, 15) is 14.4 Å². The minimum atomic E-state index is -1.17. The van der Waals surface area contributed by atoms with Gasteiger partial charge in [0.2, 0.25) is 5.91 Å². The molecule has 6 heteroatoms. The van der Waals surface area contributed by atoms with Crippen LogP contribution in [0.2, 0.25) is 0 Å². The Morgan fingerprint density at radius 3 is 2.38 bits per heavy atom. The van der Waals surface area contributed by atoms with Crippen LogP contribution < -0.4 is 10.6 Å². The quantitative estimate of drug-likeness (QED) is 0.832. The van der Waals surface area contributed by atoms with Gasteiger partial charge in [0.05, 0.1) is 0 Å². The van der Waals surface area contributed by atoms with E-state index in [1.165, 1.54) is 0 Å². The molecule has 0 radical (unpaired) electrons. The third-order valence-corrected chi connectivity index (χ3v) is 4.62. The number of aryl methyl sites for hydroxylation is 2. The zero-order chi connectivity index (χ0) is 18.9. The number of carbonyl (C=O) groups excluding carboxylic acids is 3. The predicted molar refractivity (Wildman–Crippen MR) is 98.6 cm³/mol. The van der Waals surface area contributed by atoms with E-state index < -0.39 is 23.4 Å². The molecule has 1 fully saturated rings. The number of hydrogen-bond acceptors (Lipinski definition) is 3. The van der Waals surface area contributed by atoms with Crippen LogP contribution in [-0.2, 0) is 15.1 Å². The van der Waals surface area contributed by atoms with Crippen LogP contribution in [0.1, 0.15) is 23.6 Å². The fourth-order valence-corrected chi connectivity index (χ4v) is 2.97. The number of carbonyl (C=O) groups is 3. The SMILES string of the molecule is Cc1ccc([C@@]2(C)NC(=O)N(CC(=O)Nc3ccccc3C)C2=O)cc1. The molecule has 0 saturated carbocycles. The molecule has 0 bridgehead atoms. The number of benzene rings is 2. The maximum Gasteiger partial charge on any atom is 0.325 e. The first-order valence-corrected chi connectivity index (χ1v) is 8.38. The van der Waals surface area contributed by atoms with Gasteiger partial charge >= 0.3 is 6.03 Å². The van der Waals surface area contributed by atoms with Gasteiger partial charge in [-0.2, -0.15) is 0 Å². The van der Waals surface area contributed by atoms with E-state index in [2.05, 4.69) is 10.6 Å². The molecular weight excluding hydrogens is 330 g/mol. The third kappa shape index (κ3) is 3.18. The topological polar surface area (TPSA) is 78.5 Å². The second-order valence-electron chi connectivity index (χ2n) is 6.68. The van der Waals surface area contributed by atoms with E-state index in [0.717, 1.165) is 16.0 Å². The summed E-state index contributed by atoms with van der Waals surface area (Å²) in [5.41, 5.74) is 2.13. The second kappa shape index (κ2) is 6.63. The first-order valence-electron chi connectivity index (χ1n) is 8.38. The number of anilines is 1. The highest BCUT2D eigenvalue weighted by Gasteiger charge is 2.49. The summed E-state index contributed by atoms with van der Waals surface area (Å²) >= 11 is 0. The summed E-state index contributed by atoms with van der Waals surface area (Å²) in [5.74, 6) is -0.859. The molecule has 1 saturated heterocycles. The minimum absolute atomic E-state index is 0.333. The van der Waals surface area contributed by atoms with Gasteiger partial charge in [0, 0.05) is 5.69 Å². The lowest BCUT2D eigenvalue weighted by Gasteiger charge is -2.22. The van der Waals surface area contributed by atoms with Gasteiger partial charge in [0.25, 0.3) is 5.91 Å². The number of urea groups is 1. The van der Waals surface area contributed by atoms with Crippen molar-refractivity contribution in [3.63, 3.8) is 0 Å². The van der Waals surface area contributed by atoms with Gasteiger partial charge in [-0.3, -0.25) is 14.5 Å². The fourth-order valence-electron chi connectivity index (χ4n) is 2.97. The summed E-state index contributed by atoms with van der Waals surface area (Å²) in [6, 6.07) is 14.1. The Morgan fingerprint density at radius 1 is 1.08 bits per heavy atom. The third-order valence-electron chi connectivity index (χ3n) is 4.62. The van der Waals surface area contributed by atoms with Crippen molar-refractivity contribution in [2.75, 3.05) is 11.9 Å². The predicted octanol–water partition coefficient (Wildman–Crippen LogP) is 2.71. The Hall–Kier alpha value is -3.15. The normalized spacial score (nSPS) is 19.4. The Labute approximate surface area is 152 Å². The number of rotatable bonds is 4. The molecule has 0 aromatic heterocycles. The van der Waals surface area contributed by atoms with Crippen molar-refractivity contribution in [3.8, 4) is 0 Å². The minimum Gasteiger partial charge on any atom is -0.324 e. The van der Waals surface area contributed by atoms with Gasteiger partial charge in [0.1, 0.15) is 12.1 Å². The molecule has 2 N–H and O–H groups in total. The van der Waals surface area contributed by atoms with E-state index >= 15 is 0 Å². The second-order valence-corrected chi connectivity index (χ2v) is 6.68. The summed E-state index contributed by atoms with van der Waals surface area (Å²) in [5, 5.41) is 5.44. The molecule has 0 spiro atoms. The highest BCUT2D eigenvalue weighted by Crippen LogP contribution is 2.29. The van der Waals surface area contributed by atoms with Crippen molar-refractivity contribution < 1.29 is 14.4 Å². The van der Waals surface area contributed by atoms with E-state index in [0.29, 0.717) is 11.3 Å². The number of amides is 4. The average molecular weight is 351 g/mol. The zero-order valence-electron chi connectivity index (χ0n) is 15.0. The van der Waals surface area contributed by atoms with E-state index in [-0.39, 0.29) is 6.54 Å². The van der Waals surface area contributed by atoms with Gasteiger partial charge in [-0.15, -0.1) is 0 Å². The van der Waals surface area contributed by atoms with Crippen LogP contribution in [0.5, 0.6) is 0 Å². The van der Waals surface area contributed by atoms with Gasteiger partial charge in [-0.25, -0.2) is 4.79 Å². The number of para-hydroxylation sites is 1. The molecule has 4 amide bonds. The molecule has 2 aromatic carbocycles. The van der Waals surface area contributed by atoms with Crippen LogP contribution in [0.4, 0.5) is 10.5 Å². The number of nitrogens with one attached hydrogen (secondary N) is 2. The van der Waals surface area contributed by atoms with E-state index in [4.69, 9.17) is 0 Å². The Balaban J connectivity index is 1.76. The van der Waals surface area contributed by atoms with Crippen molar-refractivity contribution in [3.05, 3.63) is 65.2 Å². The molecule has 1 heterocycles. The highest BCUT2D eigenvalue weighted by molar-refractivity contribution is 6.10. The van der Waals surface area contributed by atoms with Crippen molar-refractivity contribution in [1.82, 2.24) is 10.2 Å². The van der Waals surface area contributed by atoms with E-state index in [1.54, 1.807) is 13.0 Å². The Bertz CT molecular complexity index is 876. The molecule has 1 atom stereocenters. The molecule has 1 aliphatic heterocycles. The van der Waals surface area contributed by atoms with E-state index in [1.807, 2.05) is 56.3 Å². The maximum atomic E-state index is 12.8. The Kier molecular flexibility index (Phi) is 4.50. The molecule has 0 unspecified atom stereocenters. The van der Waals surface area contributed by atoms with Gasteiger partial charge < -0.3 is 10.6 Å². The molecule has 26 heavy (non-hydrogen) atoms. The maximum absolute atomic E-state index is 12.8. The van der Waals surface area contributed by atoms with Crippen molar-refractivity contribution >= 4 is 23.5 Å². The van der Waals surface area contributed by atoms with Gasteiger partial charge in [-0.05, 0) is 38.0 Å². The molecule has 3 rings (SSSR count). The first-order chi connectivity index (χ1) is 12.3. The van der Waals surface area contributed by atoms with Crippen LogP contribution in [0.3, 0.4) is 0 Å². The first kappa shape index (κ1) is 17.7. The van der Waals surface area contributed by atoms with Crippen LogP contribution in [0, 0.1) is 13.8 Å². The lowest BCUT2D eigenvalue weighted by molar-refractivity contribution is -0.133. The summed E-state index contributed by atoms with van der Waals surface area (Å²) in [7, 11) is 0. The summed E-state index contributed by atoms with van der Waals surface area (Å²) in [6.07, 6.45) is 0. The Morgan fingerprint density at radius 2 is 1.73 bits per heavy atom. The standard InChI is InChI=1S/C20H21N3O3/c1-13-8-10-15(11-9-13)20(3)18(25)23(19(26)22-20)12-17(24)21-16-7-5-4-6-14(16)2/h4-11H,12H2,1-3H3,(H,21,24)(H,22,26)/t20-/m1/s1. The zero-order valence-corrected chi connectivity index (χ0v) is 15.0. The van der Waals surface area contributed by atoms with Crippen molar-refractivity contribution in [2.45, 2.75) is 26.3 Å². The number of imide groups is 1. The molecule has 1 aliphatic rings. The number of hydrogen-bond donors (Lipinski definition) is 2. The smallest absolute Gasteiger partial charge is 0.324 e. The monoisotopic (exact) mass is 351 g/mol. The van der Waals surface area contributed by atoms with Gasteiger partial charge in [0.15, 0.2) is 0 Å².